The molecule has 1 fully saturated rings. The van der Waals surface area contributed by atoms with Gasteiger partial charge in [-0.2, -0.15) is 0 Å². The molecule has 0 radical (unpaired) electrons. The predicted octanol–water partition coefficient (Wildman–Crippen LogP) is 5.80. The minimum absolute atomic E-state index is 0.0132. The number of ether oxygens (including phenoxy) is 3. The number of esters is 1. The zero-order valence-electron chi connectivity index (χ0n) is 29.9. The third-order valence-corrected chi connectivity index (χ3v) is 16.8. The zero-order chi connectivity index (χ0) is 35.2. The van der Waals surface area contributed by atoms with E-state index in [1.807, 2.05) is 36.4 Å². The summed E-state index contributed by atoms with van der Waals surface area (Å²) in [6, 6.07) is 28.8. The van der Waals surface area contributed by atoms with Crippen LogP contribution in [0.15, 0.2) is 96.1 Å². The first-order valence-corrected chi connectivity index (χ1v) is 19.4. The van der Waals surface area contributed by atoms with Crippen LogP contribution in [0.1, 0.15) is 59.4 Å². The maximum Gasteiger partial charge on any atom is 0.317 e. The Morgan fingerprint density at radius 2 is 1.51 bits per heavy atom. The van der Waals surface area contributed by atoms with Crippen LogP contribution >= 0.6 is 0 Å². The molecule has 3 aliphatic carbocycles. The summed E-state index contributed by atoms with van der Waals surface area (Å²) >= 11 is 0. The lowest BCUT2D eigenvalue weighted by Gasteiger charge is -2.49. The molecule has 1 saturated carbocycles. The van der Waals surface area contributed by atoms with Crippen LogP contribution in [-0.4, -0.2) is 63.6 Å². The van der Waals surface area contributed by atoms with Crippen molar-refractivity contribution >= 4 is 24.7 Å². The van der Waals surface area contributed by atoms with Gasteiger partial charge in [0, 0.05) is 6.61 Å². The SMILES string of the molecule is COC(=O)[C@]12[C@H](O)C[C@](C)(CO[Si](c3ccccc3)(c3ccccc3)C(C)(C)C)[C@H]1CC1=C([C@H]2O)[C@@H](C)C[C@H]1OCc1ccc(OC)cc1. The molecule has 0 aromatic heterocycles. The second kappa shape index (κ2) is 13.5. The Labute approximate surface area is 292 Å². The van der Waals surface area contributed by atoms with E-state index in [0.717, 1.165) is 22.5 Å². The first-order valence-electron chi connectivity index (χ1n) is 17.5. The molecule has 0 heterocycles. The summed E-state index contributed by atoms with van der Waals surface area (Å²) in [7, 11) is 0.0671. The summed E-state index contributed by atoms with van der Waals surface area (Å²) in [6.07, 6.45) is -0.994. The molecule has 0 unspecified atom stereocenters. The normalized spacial score (nSPS) is 29.8. The Morgan fingerprint density at radius 1 is 0.918 bits per heavy atom. The molecule has 7 nitrogen and oxygen atoms in total. The Hall–Kier alpha value is -3.27. The Bertz CT molecular complexity index is 1610. The third kappa shape index (κ3) is 5.79. The second-order valence-corrected chi connectivity index (χ2v) is 20.0. The van der Waals surface area contributed by atoms with Gasteiger partial charge in [0.1, 0.15) is 11.2 Å². The van der Waals surface area contributed by atoms with Crippen molar-refractivity contribution in [3.8, 4) is 5.75 Å². The van der Waals surface area contributed by atoms with Gasteiger partial charge in [-0.3, -0.25) is 4.79 Å². The number of methoxy groups -OCH3 is 2. The van der Waals surface area contributed by atoms with E-state index in [1.54, 1.807) is 7.11 Å². The standard InChI is InChI=1S/C41H52O7Si/c1-27-22-33(47-25-28-18-20-29(45-6)21-19-28)32-23-34-40(5,24-35(42)41(34,38(44)46-7)37(43)36(27)32)26-48-49(39(2,3)4,30-14-10-8-11-15-30)31-16-12-9-13-17-31/h8-21,27,33-35,37,42-43H,22-26H2,1-7H3/t27-,33+,34+,35+,37+,40+,41-/m0/s1. The minimum atomic E-state index is -2.93. The van der Waals surface area contributed by atoms with E-state index in [0.29, 0.717) is 32.5 Å². The molecule has 2 N–H and O–H groups in total. The molecule has 49 heavy (non-hydrogen) atoms. The van der Waals surface area contributed by atoms with Crippen LogP contribution in [0, 0.1) is 22.7 Å². The summed E-state index contributed by atoms with van der Waals surface area (Å²) in [6.45, 7) is 11.7. The van der Waals surface area contributed by atoms with E-state index < -0.39 is 43.2 Å². The van der Waals surface area contributed by atoms with Crippen LogP contribution in [0.3, 0.4) is 0 Å². The molecule has 6 rings (SSSR count). The number of benzene rings is 3. The van der Waals surface area contributed by atoms with Gasteiger partial charge in [0.2, 0.25) is 0 Å². The van der Waals surface area contributed by atoms with E-state index in [2.05, 4.69) is 83.1 Å². The van der Waals surface area contributed by atoms with Gasteiger partial charge in [-0.1, -0.05) is 107 Å². The molecule has 3 aromatic carbocycles. The topological polar surface area (TPSA) is 94.5 Å². The van der Waals surface area contributed by atoms with Gasteiger partial charge >= 0.3 is 5.97 Å². The average molecular weight is 685 g/mol. The molecule has 3 aliphatic rings. The van der Waals surface area contributed by atoms with Gasteiger partial charge in [0.25, 0.3) is 8.32 Å². The number of fused-ring (bicyclic) bond motifs is 1. The van der Waals surface area contributed by atoms with Gasteiger partial charge in [0.05, 0.1) is 39.1 Å². The van der Waals surface area contributed by atoms with E-state index in [1.165, 1.54) is 17.5 Å². The summed E-state index contributed by atoms with van der Waals surface area (Å²) in [4.78, 5) is 14.0. The van der Waals surface area contributed by atoms with Crippen molar-refractivity contribution < 1.29 is 33.6 Å². The van der Waals surface area contributed by atoms with E-state index in [4.69, 9.17) is 18.6 Å². The number of hydrogen-bond acceptors (Lipinski definition) is 7. The molecule has 0 amide bonds. The fraction of sp³-hybridized carbons (Fsp3) is 0.488. The Morgan fingerprint density at radius 3 is 2.04 bits per heavy atom. The fourth-order valence-corrected chi connectivity index (χ4v) is 14.2. The van der Waals surface area contributed by atoms with Crippen LogP contribution < -0.4 is 15.1 Å². The molecule has 8 heteroatoms. The Balaban J connectivity index is 1.38. The highest BCUT2D eigenvalue weighted by molar-refractivity contribution is 6.99. The van der Waals surface area contributed by atoms with Crippen molar-refractivity contribution in [2.45, 2.75) is 83.8 Å². The lowest BCUT2D eigenvalue weighted by atomic mass is 9.58. The van der Waals surface area contributed by atoms with Crippen LogP contribution in [0.25, 0.3) is 0 Å². The highest BCUT2D eigenvalue weighted by atomic mass is 28.4. The van der Waals surface area contributed by atoms with Crippen LogP contribution in [-0.2, 0) is 25.3 Å². The summed E-state index contributed by atoms with van der Waals surface area (Å²) < 4.78 is 24.8. The number of aliphatic hydroxyl groups excluding tert-OH is 2. The molecular weight excluding hydrogens is 633 g/mol. The largest absolute Gasteiger partial charge is 0.497 e. The molecule has 0 aliphatic heterocycles. The smallest absolute Gasteiger partial charge is 0.317 e. The third-order valence-electron chi connectivity index (χ3n) is 11.8. The highest BCUT2D eigenvalue weighted by Gasteiger charge is 2.71. The van der Waals surface area contributed by atoms with Gasteiger partial charge in [-0.25, -0.2) is 0 Å². The van der Waals surface area contributed by atoms with Crippen molar-refractivity contribution in [2.24, 2.45) is 22.7 Å². The first kappa shape index (κ1) is 35.5. The van der Waals surface area contributed by atoms with E-state index in [-0.39, 0.29) is 17.1 Å². The van der Waals surface area contributed by atoms with Crippen molar-refractivity contribution in [3.63, 3.8) is 0 Å². The number of aliphatic hydroxyl groups is 2. The monoisotopic (exact) mass is 684 g/mol. The predicted molar refractivity (Wildman–Crippen MR) is 193 cm³/mol. The second-order valence-electron chi connectivity index (χ2n) is 15.7. The lowest BCUT2D eigenvalue weighted by molar-refractivity contribution is -0.176. The van der Waals surface area contributed by atoms with Crippen molar-refractivity contribution in [3.05, 3.63) is 102 Å². The van der Waals surface area contributed by atoms with Gasteiger partial charge < -0.3 is 28.8 Å². The Kier molecular flexibility index (Phi) is 9.76. The molecule has 7 atom stereocenters. The van der Waals surface area contributed by atoms with Crippen molar-refractivity contribution in [1.29, 1.82) is 0 Å². The van der Waals surface area contributed by atoms with Gasteiger partial charge in [0.15, 0.2) is 0 Å². The molecule has 0 saturated heterocycles. The number of hydrogen-bond donors (Lipinski definition) is 2. The minimum Gasteiger partial charge on any atom is -0.497 e. The molecule has 0 spiro atoms. The summed E-state index contributed by atoms with van der Waals surface area (Å²) in [5.41, 5.74) is 0.729. The molecule has 3 aromatic rings. The maximum atomic E-state index is 14.0. The first-order chi connectivity index (χ1) is 23.3. The van der Waals surface area contributed by atoms with Crippen LogP contribution in [0.5, 0.6) is 5.75 Å². The molecule has 0 bridgehead atoms. The van der Waals surface area contributed by atoms with Crippen LogP contribution in [0.4, 0.5) is 0 Å². The van der Waals surface area contributed by atoms with E-state index >= 15 is 0 Å². The number of rotatable bonds is 10. The van der Waals surface area contributed by atoms with Gasteiger partial charge in [-0.15, -0.1) is 0 Å². The van der Waals surface area contributed by atoms with Crippen molar-refractivity contribution in [2.75, 3.05) is 20.8 Å². The van der Waals surface area contributed by atoms with Crippen molar-refractivity contribution in [1.82, 2.24) is 0 Å². The van der Waals surface area contributed by atoms with E-state index in [9.17, 15) is 15.0 Å². The summed E-state index contributed by atoms with van der Waals surface area (Å²) in [5.74, 6) is -0.224. The van der Waals surface area contributed by atoms with Gasteiger partial charge in [-0.05, 0) is 80.8 Å². The van der Waals surface area contributed by atoms with Crippen LogP contribution in [0.2, 0.25) is 5.04 Å². The quantitative estimate of drug-likeness (QED) is 0.158. The summed E-state index contributed by atoms with van der Waals surface area (Å²) in [5, 5.41) is 26.4. The molecular formula is C41H52O7Si. The number of carbonyl (C=O) groups is 1. The zero-order valence-corrected chi connectivity index (χ0v) is 30.9. The highest BCUT2D eigenvalue weighted by Crippen LogP contribution is 2.65. The number of carbonyl (C=O) groups excluding carboxylic acids is 1. The molecule has 262 valence electrons. The lowest BCUT2D eigenvalue weighted by Crippen LogP contribution is -2.67. The maximum absolute atomic E-state index is 14.0. The fourth-order valence-electron chi connectivity index (χ4n) is 9.46. The average Bonchev–Trinajstić information content (AvgIpc) is 3.54.